The van der Waals surface area contributed by atoms with Crippen molar-refractivity contribution in [3.05, 3.63) is 34.8 Å². The third kappa shape index (κ3) is 3.71. The number of hydrogen-bond acceptors (Lipinski definition) is 6. The highest BCUT2D eigenvalue weighted by Crippen LogP contribution is 2.31. The van der Waals surface area contributed by atoms with E-state index in [2.05, 4.69) is 11.9 Å². The van der Waals surface area contributed by atoms with Crippen molar-refractivity contribution >= 4 is 17.3 Å². The van der Waals surface area contributed by atoms with Gasteiger partial charge >= 0.3 is 5.97 Å². The van der Waals surface area contributed by atoms with Crippen LogP contribution in [0.1, 0.15) is 28.6 Å². The zero-order valence-corrected chi connectivity index (χ0v) is 14.0. The molecule has 0 bridgehead atoms. The highest BCUT2D eigenvalue weighted by molar-refractivity contribution is 7.15. The van der Waals surface area contributed by atoms with Crippen LogP contribution in [0.4, 0.5) is 0 Å². The largest absolute Gasteiger partial charge is 0.488 e. The first-order valence-corrected chi connectivity index (χ1v) is 8.44. The number of carbonyl (C=O) groups is 1. The Morgan fingerprint density at radius 2 is 2.30 bits per heavy atom. The van der Waals surface area contributed by atoms with Crippen LogP contribution in [0.15, 0.2) is 24.4 Å². The van der Waals surface area contributed by atoms with E-state index >= 15 is 0 Å². The maximum atomic E-state index is 11.9. The molecule has 6 heteroatoms. The van der Waals surface area contributed by atoms with Gasteiger partial charge in [0.2, 0.25) is 0 Å². The van der Waals surface area contributed by atoms with Crippen molar-refractivity contribution in [3.8, 4) is 16.3 Å². The molecule has 0 saturated carbocycles. The minimum Gasteiger partial charge on any atom is -0.488 e. The van der Waals surface area contributed by atoms with Gasteiger partial charge in [-0.2, -0.15) is 0 Å². The number of thiazole rings is 1. The fraction of sp³-hybridized carbons (Fsp3) is 0.412. The van der Waals surface area contributed by atoms with Gasteiger partial charge in [-0.1, -0.05) is 6.92 Å². The van der Waals surface area contributed by atoms with Crippen LogP contribution < -0.4 is 4.74 Å². The Balaban J connectivity index is 1.94. The second-order valence-corrected chi connectivity index (χ2v) is 6.44. The number of ether oxygens (including phenoxy) is 3. The summed E-state index contributed by atoms with van der Waals surface area (Å²) in [7, 11) is 1.37. The lowest BCUT2D eigenvalue weighted by molar-refractivity contribution is 0.0600. The molecule has 122 valence electrons. The smallest absolute Gasteiger partial charge is 0.338 e. The zero-order chi connectivity index (χ0) is 16.2. The number of esters is 1. The van der Waals surface area contributed by atoms with E-state index in [1.165, 1.54) is 12.0 Å². The lowest BCUT2D eigenvalue weighted by Crippen LogP contribution is -2.16. The minimum atomic E-state index is -0.383. The molecular formula is C17H19NO4S. The molecule has 5 nitrogen and oxygen atoms in total. The standard InChI is InChI=1S/C17H19NO4S/c1-3-15-9-18-16(23-15)11-6-12(17(19)20-2)8-14(7-11)22-13-4-5-21-10-13/h6-9,13H,3-5,10H2,1-2H3. The number of carbonyl (C=O) groups excluding carboxylic acids is 1. The van der Waals surface area contributed by atoms with E-state index in [1.807, 2.05) is 12.3 Å². The monoisotopic (exact) mass is 333 g/mol. The van der Waals surface area contributed by atoms with E-state index in [1.54, 1.807) is 23.5 Å². The summed E-state index contributed by atoms with van der Waals surface area (Å²) in [4.78, 5) is 17.6. The first-order chi connectivity index (χ1) is 11.2. The van der Waals surface area contributed by atoms with E-state index in [4.69, 9.17) is 14.2 Å². The van der Waals surface area contributed by atoms with E-state index in [9.17, 15) is 4.79 Å². The van der Waals surface area contributed by atoms with Crippen LogP contribution >= 0.6 is 11.3 Å². The molecule has 1 aromatic carbocycles. The molecule has 23 heavy (non-hydrogen) atoms. The quantitative estimate of drug-likeness (QED) is 0.786. The summed E-state index contributed by atoms with van der Waals surface area (Å²) >= 11 is 1.62. The van der Waals surface area contributed by atoms with Crippen LogP contribution in [0.3, 0.4) is 0 Å². The number of methoxy groups -OCH3 is 1. The Bertz CT molecular complexity index is 692. The third-order valence-electron chi connectivity index (χ3n) is 3.67. The summed E-state index contributed by atoms with van der Waals surface area (Å²) < 4.78 is 16.1. The molecule has 0 aliphatic carbocycles. The Kier molecular flexibility index (Phi) is 4.93. The summed E-state index contributed by atoms with van der Waals surface area (Å²) in [6.45, 7) is 3.38. The van der Waals surface area contributed by atoms with Gasteiger partial charge in [0.05, 0.1) is 25.9 Å². The van der Waals surface area contributed by atoms with E-state index < -0.39 is 0 Å². The van der Waals surface area contributed by atoms with Crippen molar-refractivity contribution in [2.45, 2.75) is 25.9 Å². The lowest BCUT2D eigenvalue weighted by atomic mass is 10.1. The highest BCUT2D eigenvalue weighted by Gasteiger charge is 2.19. The number of rotatable bonds is 5. The number of hydrogen-bond donors (Lipinski definition) is 0. The Hall–Kier alpha value is -1.92. The SMILES string of the molecule is CCc1cnc(-c2cc(OC3CCOC3)cc(C(=O)OC)c2)s1. The second-order valence-electron chi connectivity index (χ2n) is 5.33. The average molecular weight is 333 g/mol. The molecule has 2 aromatic rings. The first kappa shape index (κ1) is 16.0. The summed E-state index contributed by atoms with van der Waals surface area (Å²) in [5, 5.41) is 0.875. The van der Waals surface area contributed by atoms with Crippen LogP contribution in [-0.4, -0.2) is 37.4 Å². The van der Waals surface area contributed by atoms with Gasteiger partial charge in [-0.3, -0.25) is 0 Å². The molecule has 2 heterocycles. The molecule has 1 aliphatic rings. The van der Waals surface area contributed by atoms with Gasteiger partial charge < -0.3 is 14.2 Å². The van der Waals surface area contributed by atoms with Gasteiger partial charge in [0.15, 0.2) is 0 Å². The van der Waals surface area contributed by atoms with Gasteiger partial charge in [0, 0.05) is 23.1 Å². The van der Waals surface area contributed by atoms with Gasteiger partial charge in [-0.05, 0) is 24.6 Å². The van der Waals surface area contributed by atoms with Gasteiger partial charge in [-0.25, -0.2) is 9.78 Å². The van der Waals surface area contributed by atoms with Crippen molar-refractivity contribution in [2.24, 2.45) is 0 Å². The lowest BCUT2D eigenvalue weighted by Gasteiger charge is -2.13. The number of aromatic nitrogens is 1. The van der Waals surface area contributed by atoms with Crippen LogP contribution in [0.25, 0.3) is 10.6 Å². The number of aryl methyl sites for hydroxylation is 1. The molecule has 1 aromatic heterocycles. The fourth-order valence-electron chi connectivity index (χ4n) is 2.43. The highest BCUT2D eigenvalue weighted by atomic mass is 32.1. The van der Waals surface area contributed by atoms with Crippen LogP contribution in [-0.2, 0) is 15.9 Å². The first-order valence-electron chi connectivity index (χ1n) is 7.62. The molecule has 3 rings (SSSR count). The van der Waals surface area contributed by atoms with Gasteiger partial charge in [0.25, 0.3) is 0 Å². The topological polar surface area (TPSA) is 57.7 Å². The molecule has 1 fully saturated rings. The van der Waals surface area contributed by atoms with Gasteiger partial charge in [0.1, 0.15) is 16.9 Å². The van der Waals surface area contributed by atoms with Gasteiger partial charge in [-0.15, -0.1) is 11.3 Å². The zero-order valence-electron chi connectivity index (χ0n) is 13.2. The Labute approximate surface area is 139 Å². The molecule has 0 spiro atoms. The van der Waals surface area contributed by atoms with Crippen molar-refractivity contribution in [2.75, 3.05) is 20.3 Å². The van der Waals surface area contributed by atoms with E-state index in [0.29, 0.717) is 24.5 Å². The predicted octanol–water partition coefficient (Wildman–Crippen LogP) is 3.33. The molecule has 1 unspecified atom stereocenters. The normalized spacial score (nSPS) is 17.2. The fourth-order valence-corrected chi connectivity index (χ4v) is 3.27. The maximum Gasteiger partial charge on any atom is 0.338 e. The van der Waals surface area contributed by atoms with Crippen LogP contribution in [0.2, 0.25) is 0 Å². The molecule has 1 atom stereocenters. The van der Waals surface area contributed by atoms with Crippen LogP contribution in [0, 0.1) is 0 Å². The summed E-state index contributed by atoms with van der Waals surface area (Å²) in [6, 6.07) is 5.42. The maximum absolute atomic E-state index is 11.9. The Morgan fingerprint density at radius 1 is 1.43 bits per heavy atom. The van der Waals surface area contributed by atoms with E-state index in [0.717, 1.165) is 23.4 Å². The minimum absolute atomic E-state index is 0.0262. The summed E-state index contributed by atoms with van der Waals surface area (Å²) in [5.41, 5.74) is 1.33. The predicted molar refractivity (Wildman–Crippen MR) is 88.1 cm³/mol. The summed E-state index contributed by atoms with van der Waals surface area (Å²) in [6.07, 6.45) is 3.70. The van der Waals surface area contributed by atoms with E-state index in [-0.39, 0.29) is 12.1 Å². The number of benzene rings is 1. The van der Waals surface area contributed by atoms with Crippen molar-refractivity contribution in [1.29, 1.82) is 0 Å². The molecule has 0 radical (unpaired) electrons. The molecular weight excluding hydrogens is 314 g/mol. The summed E-state index contributed by atoms with van der Waals surface area (Å²) in [5.74, 6) is 0.262. The Morgan fingerprint density at radius 3 is 2.96 bits per heavy atom. The van der Waals surface area contributed by atoms with Crippen LogP contribution in [0.5, 0.6) is 5.75 Å². The molecule has 0 N–H and O–H groups in total. The second kappa shape index (κ2) is 7.10. The average Bonchev–Trinajstić information content (AvgIpc) is 3.25. The third-order valence-corrected chi connectivity index (χ3v) is 4.86. The van der Waals surface area contributed by atoms with Crippen molar-refractivity contribution < 1.29 is 19.0 Å². The molecule has 1 saturated heterocycles. The number of nitrogens with zero attached hydrogens (tertiary/aromatic N) is 1. The molecule has 0 amide bonds. The van der Waals surface area contributed by atoms with Crippen molar-refractivity contribution in [3.63, 3.8) is 0 Å². The van der Waals surface area contributed by atoms with Crippen molar-refractivity contribution in [1.82, 2.24) is 4.98 Å². The molecule has 1 aliphatic heterocycles.